The molecule has 1 N–H and O–H groups in total. The molecule has 0 spiro atoms. The highest BCUT2D eigenvalue weighted by atomic mass is 15.3. The van der Waals surface area contributed by atoms with E-state index in [2.05, 4.69) is 26.6 Å². The van der Waals surface area contributed by atoms with Crippen molar-refractivity contribution in [2.45, 2.75) is 13.5 Å². The normalized spacial score (nSPS) is 11.1. The lowest BCUT2D eigenvalue weighted by Gasteiger charge is -2.03. The minimum absolute atomic E-state index is 0.703. The Morgan fingerprint density at radius 3 is 2.84 bits per heavy atom. The van der Waals surface area contributed by atoms with Crippen LogP contribution in [0.4, 0.5) is 5.82 Å². The van der Waals surface area contributed by atoms with E-state index in [1.54, 1.807) is 9.36 Å². The number of aryl methyl sites for hydroxylation is 3. The largest absolute Gasteiger partial charge is 0.364 e. The van der Waals surface area contributed by atoms with Gasteiger partial charge in [-0.15, -0.1) is 0 Å². The van der Waals surface area contributed by atoms with Crippen LogP contribution in [0.15, 0.2) is 24.5 Å². The molecule has 6 heteroatoms. The van der Waals surface area contributed by atoms with E-state index in [0.717, 1.165) is 28.1 Å². The number of fused-ring (bicyclic) bond motifs is 1. The molecule has 0 aromatic carbocycles. The van der Waals surface area contributed by atoms with E-state index in [4.69, 9.17) is 0 Å². The second-order valence-electron chi connectivity index (χ2n) is 4.65. The third-order valence-corrected chi connectivity index (χ3v) is 3.11. The van der Waals surface area contributed by atoms with Crippen molar-refractivity contribution in [2.24, 2.45) is 14.1 Å². The number of anilines is 1. The predicted octanol–water partition coefficient (Wildman–Crippen LogP) is 1.62. The van der Waals surface area contributed by atoms with Crippen molar-refractivity contribution in [3.05, 3.63) is 35.8 Å². The molecule has 3 heterocycles. The fraction of sp³-hybridized carbons (Fsp3) is 0.308. The van der Waals surface area contributed by atoms with Gasteiger partial charge in [0.2, 0.25) is 0 Å². The summed E-state index contributed by atoms with van der Waals surface area (Å²) in [4.78, 5) is 4.45. The first kappa shape index (κ1) is 11.7. The molecule has 0 bridgehead atoms. The third kappa shape index (κ3) is 2.16. The van der Waals surface area contributed by atoms with Gasteiger partial charge in [0.05, 0.1) is 5.69 Å². The van der Waals surface area contributed by atoms with Gasteiger partial charge in [-0.1, -0.05) is 0 Å². The number of rotatable bonds is 3. The van der Waals surface area contributed by atoms with Crippen LogP contribution >= 0.6 is 0 Å². The number of hydrogen-bond acceptors (Lipinski definition) is 4. The second kappa shape index (κ2) is 4.38. The van der Waals surface area contributed by atoms with Crippen LogP contribution < -0.4 is 5.32 Å². The molecule has 0 atom stereocenters. The highest BCUT2D eigenvalue weighted by Gasteiger charge is 2.07. The summed E-state index contributed by atoms with van der Waals surface area (Å²) in [6.45, 7) is 2.70. The van der Waals surface area contributed by atoms with Crippen LogP contribution in [0.5, 0.6) is 0 Å². The first-order valence-electron chi connectivity index (χ1n) is 6.15. The van der Waals surface area contributed by atoms with Gasteiger partial charge >= 0.3 is 0 Å². The van der Waals surface area contributed by atoms with Gasteiger partial charge < -0.3 is 5.32 Å². The average molecular weight is 256 g/mol. The summed E-state index contributed by atoms with van der Waals surface area (Å²) in [5.74, 6) is 0.866. The van der Waals surface area contributed by atoms with Crippen LogP contribution in [0.3, 0.4) is 0 Å². The van der Waals surface area contributed by atoms with Crippen LogP contribution in [0.2, 0.25) is 0 Å². The molecule has 0 saturated carbocycles. The third-order valence-electron chi connectivity index (χ3n) is 3.11. The summed E-state index contributed by atoms with van der Waals surface area (Å²) < 4.78 is 3.58. The minimum Gasteiger partial charge on any atom is -0.364 e. The van der Waals surface area contributed by atoms with Crippen LogP contribution in [0.25, 0.3) is 11.0 Å². The summed E-state index contributed by atoms with van der Waals surface area (Å²) in [5, 5.41) is 13.0. The first-order chi connectivity index (χ1) is 9.13. The lowest BCUT2D eigenvalue weighted by atomic mass is 10.2. The van der Waals surface area contributed by atoms with Crippen molar-refractivity contribution in [3.63, 3.8) is 0 Å². The van der Waals surface area contributed by atoms with Gasteiger partial charge in [-0.25, -0.2) is 4.98 Å². The van der Waals surface area contributed by atoms with Crippen molar-refractivity contribution in [1.29, 1.82) is 0 Å². The first-order valence-corrected chi connectivity index (χ1v) is 6.15. The van der Waals surface area contributed by atoms with Crippen LogP contribution in [0, 0.1) is 6.92 Å². The van der Waals surface area contributed by atoms with Crippen molar-refractivity contribution in [1.82, 2.24) is 24.5 Å². The summed E-state index contributed by atoms with van der Waals surface area (Å²) in [6, 6.07) is 4.07. The Morgan fingerprint density at radius 2 is 2.11 bits per heavy atom. The van der Waals surface area contributed by atoms with E-state index in [9.17, 15) is 0 Å². The summed E-state index contributed by atoms with van der Waals surface area (Å²) in [7, 11) is 3.81. The van der Waals surface area contributed by atoms with E-state index < -0.39 is 0 Å². The second-order valence-corrected chi connectivity index (χ2v) is 4.65. The maximum atomic E-state index is 4.45. The number of nitrogens with one attached hydrogen (secondary N) is 1. The molecule has 0 unspecified atom stereocenters. The molecule has 0 saturated heterocycles. The van der Waals surface area contributed by atoms with Crippen molar-refractivity contribution in [2.75, 3.05) is 5.32 Å². The molecule has 0 amide bonds. The molecule has 19 heavy (non-hydrogen) atoms. The predicted molar refractivity (Wildman–Crippen MR) is 73.8 cm³/mol. The Labute approximate surface area is 111 Å². The number of pyridine rings is 1. The fourth-order valence-electron chi connectivity index (χ4n) is 2.15. The van der Waals surface area contributed by atoms with Crippen LogP contribution in [-0.2, 0) is 20.6 Å². The zero-order chi connectivity index (χ0) is 13.4. The topological polar surface area (TPSA) is 60.6 Å². The number of aromatic nitrogens is 5. The molecule has 98 valence electrons. The maximum absolute atomic E-state index is 4.45. The fourth-order valence-corrected chi connectivity index (χ4v) is 2.15. The highest BCUT2D eigenvalue weighted by Crippen LogP contribution is 2.17. The molecule has 6 nitrogen and oxygen atoms in total. The van der Waals surface area contributed by atoms with E-state index in [1.807, 2.05) is 39.5 Å². The monoisotopic (exact) mass is 256 g/mol. The van der Waals surface area contributed by atoms with Gasteiger partial charge in [-0.2, -0.15) is 10.2 Å². The van der Waals surface area contributed by atoms with Gasteiger partial charge in [0.15, 0.2) is 5.65 Å². The van der Waals surface area contributed by atoms with E-state index in [-0.39, 0.29) is 0 Å². The molecule has 0 aliphatic rings. The van der Waals surface area contributed by atoms with E-state index >= 15 is 0 Å². The smallest absolute Gasteiger partial charge is 0.157 e. The Balaban J connectivity index is 1.83. The van der Waals surface area contributed by atoms with Crippen molar-refractivity contribution >= 4 is 16.9 Å². The van der Waals surface area contributed by atoms with E-state index in [1.165, 1.54) is 0 Å². The minimum atomic E-state index is 0.703. The molecule has 3 aromatic heterocycles. The van der Waals surface area contributed by atoms with Crippen molar-refractivity contribution in [3.8, 4) is 0 Å². The summed E-state index contributed by atoms with van der Waals surface area (Å²) in [6.07, 6.45) is 3.79. The van der Waals surface area contributed by atoms with Gasteiger partial charge in [0.25, 0.3) is 0 Å². The number of hydrogen-bond donors (Lipinski definition) is 1. The Morgan fingerprint density at radius 1 is 1.26 bits per heavy atom. The highest BCUT2D eigenvalue weighted by molar-refractivity contribution is 5.78. The van der Waals surface area contributed by atoms with Gasteiger partial charge in [0, 0.05) is 44.5 Å². The molecule has 3 rings (SSSR count). The zero-order valence-corrected chi connectivity index (χ0v) is 11.3. The number of nitrogens with zero attached hydrogens (tertiary/aromatic N) is 5. The molecule has 0 aliphatic carbocycles. The summed E-state index contributed by atoms with van der Waals surface area (Å²) in [5.41, 5.74) is 3.04. The summed E-state index contributed by atoms with van der Waals surface area (Å²) >= 11 is 0. The Hall–Kier alpha value is -2.37. The maximum Gasteiger partial charge on any atom is 0.157 e. The molecular weight excluding hydrogens is 240 g/mol. The average Bonchev–Trinajstić information content (AvgIpc) is 2.92. The van der Waals surface area contributed by atoms with Crippen LogP contribution in [-0.4, -0.2) is 24.5 Å². The van der Waals surface area contributed by atoms with Crippen molar-refractivity contribution < 1.29 is 0 Å². The van der Waals surface area contributed by atoms with Gasteiger partial charge in [0.1, 0.15) is 5.82 Å². The molecule has 0 radical (unpaired) electrons. The molecule has 0 aliphatic heterocycles. The SMILES string of the molecule is Cc1nn(C)c2ncc(CNc3ccn(C)n3)cc12. The molecular formula is C13H16N6. The standard InChI is InChI=1S/C13H16N6/c1-9-11-6-10(8-15-13(11)19(3)16-9)7-14-12-4-5-18(2)17-12/h4-6,8H,7H2,1-3H3,(H,14,17). The lowest BCUT2D eigenvalue weighted by Crippen LogP contribution is -2.01. The van der Waals surface area contributed by atoms with Crippen LogP contribution in [0.1, 0.15) is 11.3 Å². The van der Waals surface area contributed by atoms with Gasteiger partial charge in [-0.05, 0) is 18.6 Å². The Kier molecular flexibility index (Phi) is 2.70. The molecule has 3 aromatic rings. The lowest BCUT2D eigenvalue weighted by molar-refractivity contribution is 0.768. The Bertz CT molecular complexity index is 724. The quantitative estimate of drug-likeness (QED) is 0.773. The van der Waals surface area contributed by atoms with Gasteiger partial charge in [-0.3, -0.25) is 9.36 Å². The van der Waals surface area contributed by atoms with E-state index in [0.29, 0.717) is 6.54 Å². The zero-order valence-electron chi connectivity index (χ0n) is 11.3. The molecule has 0 fully saturated rings.